The second kappa shape index (κ2) is 10.4. The maximum Gasteiger partial charge on any atom is 0.166 e. The van der Waals surface area contributed by atoms with E-state index in [2.05, 4.69) is 40.7 Å². The third-order valence-electron chi connectivity index (χ3n) is 4.74. The van der Waals surface area contributed by atoms with Crippen LogP contribution in [0.2, 0.25) is 0 Å². The molecule has 1 aliphatic heterocycles. The molecule has 0 aromatic rings. The molecule has 0 amide bonds. The van der Waals surface area contributed by atoms with Crippen molar-refractivity contribution in [3.8, 4) is 0 Å². The third-order valence-corrected chi connectivity index (χ3v) is 4.74. The lowest BCUT2D eigenvalue weighted by Crippen LogP contribution is -2.24. The van der Waals surface area contributed by atoms with Gasteiger partial charge < -0.3 is 9.47 Å². The lowest BCUT2D eigenvalue weighted by Gasteiger charge is -2.21. The molecule has 0 unspecified atom stereocenters. The Morgan fingerprint density at radius 1 is 1.05 bits per heavy atom. The molecular formula is C20H38O2. The van der Waals surface area contributed by atoms with Gasteiger partial charge in [0.15, 0.2) is 5.79 Å². The van der Waals surface area contributed by atoms with E-state index in [0.29, 0.717) is 0 Å². The summed E-state index contributed by atoms with van der Waals surface area (Å²) >= 11 is 0. The Bertz CT molecular complexity index is 314. The Balaban J connectivity index is 2.06. The summed E-state index contributed by atoms with van der Waals surface area (Å²) in [6.07, 6.45) is 12.5. The lowest BCUT2D eigenvalue weighted by molar-refractivity contribution is -0.145. The van der Waals surface area contributed by atoms with Crippen molar-refractivity contribution in [2.45, 2.75) is 91.8 Å². The van der Waals surface area contributed by atoms with Crippen molar-refractivity contribution in [3.05, 3.63) is 11.6 Å². The van der Waals surface area contributed by atoms with E-state index in [-0.39, 0.29) is 5.79 Å². The van der Waals surface area contributed by atoms with Crippen LogP contribution in [-0.4, -0.2) is 19.0 Å². The number of rotatable bonds is 11. The molecule has 0 bridgehead atoms. The van der Waals surface area contributed by atoms with E-state index in [9.17, 15) is 0 Å². The number of hydrogen-bond acceptors (Lipinski definition) is 2. The number of allylic oxidation sites excluding steroid dienone is 2. The fourth-order valence-corrected chi connectivity index (χ4v) is 3.13. The zero-order valence-corrected chi connectivity index (χ0v) is 15.6. The minimum atomic E-state index is -0.332. The minimum absolute atomic E-state index is 0.332. The predicted molar refractivity (Wildman–Crippen MR) is 95.0 cm³/mol. The standard InChI is InChI=1S/C20H38O2/c1-17(2)9-6-10-18(3)11-7-12-19(4)13-8-14-20(5)21-15-16-22-20/h13,17-18H,6-12,14-16H2,1-5H3/b19-13-/t18-/m1/s1. The number of hydrogen-bond donors (Lipinski definition) is 0. The van der Waals surface area contributed by atoms with E-state index in [0.717, 1.165) is 37.9 Å². The summed E-state index contributed by atoms with van der Waals surface area (Å²) in [4.78, 5) is 0. The highest BCUT2D eigenvalue weighted by Crippen LogP contribution is 2.25. The molecule has 0 N–H and O–H groups in total. The van der Waals surface area contributed by atoms with Crippen LogP contribution >= 0.6 is 0 Å². The molecule has 0 aliphatic carbocycles. The molecule has 0 aromatic heterocycles. The van der Waals surface area contributed by atoms with Crippen molar-refractivity contribution < 1.29 is 9.47 Å². The topological polar surface area (TPSA) is 18.5 Å². The molecule has 0 aromatic carbocycles. The van der Waals surface area contributed by atoms with Gasteiger partial charge in [0.2, 0.25) is 0 Å². The van der Waals surface area contributed by atoms with Crippen LogP contribution in [-0.2, 0) is 9.47 Å². The van der Waals surface area contributed by atoms with Gasteiger partial charge in [-0.15, -0.1) is 0 Å². The van der Waals surface area contributed by atoms with Crippen LogP contribution in [0.4, 0.5) is 0 Å². The summed E-state index contributed by atoms with van der Waals surface area (Å²) in [5, 5.41) is 0. The Hall–Kier alpha value is -0.340. The summed E-state index contributed by atoms with van der Waals surface area (Å²) in [7, 11) is 0. The van der Waals surface area contributed by atoms with Crippen LogP contribution in [0.1, 0.15) is 86.0 Å². The van der Waals surface area contributed by atoms with Crippen molar-refractivity contribution in [3.63, 3.8) is 0 Å². The molecule has 1 heterocycles. The summed E-state index contributed by atoms with van der Waals surface area (Å²) in [6.45, 7) is 12.9. The third kappa shape index (κ3) is 8.95. The molecule has 0 saturated carbocycles. The largest absolute Gasteiger partial charge is 0.348 e. The van der Waals surface area contributed by atoms with Crippen molar-refractivity contribution >= 4 is 0 Å². The fraction of sp³-hybridized carbons (Fsp3) is 0.900. The van der Waals surface area contributed by atoms with Gasteiger partial charge in [-0.3, -0.25) is 0 Å². The molecule has 0 radical (unpaired) electrons. The first-order chi connectivity index (χ1) is 10.4. The highest BCUT2D eigenvalue weighted by Gasteiger charge is 2.29. The van der Waals surface area contributed by atoms with Crippen LogP contribution in [0, 0.1) is 11.8 Å². The predicted octanol–water partition coefficient (Wildman–Crippen LogP) is 6.11. The van der Waals surface area contributed by atoms with Crippen molar-refractivity contribution in [2.75, 3.05) is 13.2 Å². The monoisotopic (exact) mass is 310 g/mol. The molecule has 130 valence electrons. The van der Waals surface area contributed by atoms with Gasteiger partial charge in [0.1, 0.15) is 0 Å². The second-order valence-corrected chi connectivity index (χ2v) is 7.74. The van der Waals surface area contributed by atoms with E-state index in [1.165, 1.54) is 44.1 Å². The molecule has 22 heavy (non-hydrogen) atoms. The molecular weight excluding hydrogens is 272 g/mol. The molecule has 0 spiro atoms. The molecule has 1 saturated heterocycles. The van der Waals surface area contributed by atoms with Crippen LogP contribution in [0.3, 0.4) is 0 Å². The van der Waals surface area contributed by atoms with Crippen LogP contribution in [0.15, 0.2) is 11.6 Å². The lowest BCUT2D eigenvalue weighted by atomic mass is 9.94. The highest BCUT2D eigenvalue weighted by atomic mass is 16.7. The highest BCUT2D eigenvalue weighted by molar-refractivity contribution is 4.98. The fourth-order valence-electron chi connectivity index (χ4n) is 3.13. The first-order valence-corrected chi connectivity index (χ1v) is 9.35. The Labute approximate surface area is 138 Å². The average molecular weight is 311 g/mol. The zero-order valence-electron chi connectivity index (χ0n) is 15.6. The Morgan fingerprint density at radius 3 is 2.32 bits per heavy atom. The van der Waals surface area contributed by atoms with Crippen LogP contribution < -0.4 is 0 Å². The van der Waals surface area contributed by atoms with Gasteiger partial charge in [0.25, 0.3) is 0 Å². The Morgan fingerprint density at radius 2 is 1.68 bits per heavy atom. The first-order valence-electron chi connectivity index (χ1n) is 9.35. The number of ether oxygens (including phenoxy) is 2. The molecule has 2 heteroatoms. The SMILES string of the molecule is C/C(=C/CCC1(C)OCCO1)CCC[C@H](C)CCCC(C)C. The smallest absolute Gasteiger partial charge is 0.166 e. The van der Waals surface area contributed by atoms with Crippen LogP contribution in [0.5, 0.6) is 0 Å². The summed E-state index contributed by atoms with van der Waals surface area (Å²) in [5.41, 5.74) is 1.52. The normalized spacial score (nSPS) is 19.8. The maximum atomic E-state index is 5.64. The quantitative estimate of drug-likeness (QED) is 0.429. The molecule has 1 fully saturated rings. The molecule has 1 aliphatic rings. The van der Waals surface area contributed by atoms with Gasteiger partial charge in [-0.05, 0) is 44.9 Å². The van der Waals surface area contributed by atoms with Crippen LogP contribution in [0.25, 0.3) is 0 Å². The van der Waals surface area contributed by atoms with Gasteiger partial charge >= 0.3 is 0 Å². The summed E-state index contributed by atoms with van der Waals surface area (Å²) in [6, 6.07) is 0. The molecule has 1 atom stereocenters. The maximum absolute atomic E-state index is 5.64. The van der Waals surface area contributed by atoms with Gasteiger partial charge in [-0.1, -0.05) is 58.1 Å². The molecule has 2 nitrogen and oxygen atoms in total. The van der Waals surface area contributed by atoms with E-state index in [4.69, 9.17) is 9.47 Å². The van der Waals surface area contributed by atoms with Gasteiger partial charge in [0.05, 0.1) is 13.2 Å². The first kappa shape index (κ1) is 19.7. The van der Waals surface area contributed by atoms with E-state index in [1.807, 2.05) is 0 Å². The zero-order chi connectivity index (χ0) is 16.4. The van der Waals surface area contributed by atoms with Gasteiger partial charge in [-0.25, -0.2) is 0 Å². The minimum Gasteiger partial charge on any atom is -0.348 e. The summed E-state index contributed by atoms with van der Waals surface area (Å²) in [5.74, 6) is 1.40. The average Bonchev–Trinajstić information content (AvgIpc) is 2.85. The van der Waals surface area contributed by atoms with E-state index >= 15 is 0 Å². The Kier molecular flexibility index (Phi) is 9.35. The van der Waals surface area contributed by atoms with Crippen molar-refractivity contribution in [1.29, 1.82) is 0 Å². The van der Waals surface area contributed by atoms with Crippen molar-refractivity contribution in [1.82, 2.24) is 0 Å². The second-order valence-electron chi connectivity index (χ2n) is 7.74. The van der Waals surface area contributed by atoms with Gasteiger partial charge in [0, 0.05) is 6.42 Å². The van der Waals surface area contributed by atoms with Gasteiger partial charge in [-0.2, -0.15) is 0 Å². The van der Waals surface area contributed by atoms with E-state index < -0.39 is 0 Å². The van der Waals surface area contributed by atoms with E-state index in [1.54, 1.807) is 0 Å². The summed E-state index contributed by atoms with van der Waals surface area (Å²) < 4.78 is 11.3. The van der Waals surface area contributed by atoms with Crippen molar-refractivity contribution in [2.24, 2.45) is 11.8 Å². The molecule has 1 rings (SSSR count).